The lowest BCUT2D eigenvalue weighted by atomic mass is 10.3. The Morgan fingerprint density at radius 2 is 2.38 bits per heavy atom. The predicted octanol–water partition coefficient (Wildman–Crippen LogP) is 0.889. The van der Waals surface area contributed by atoms with Gasteiger partial charge in [-0.3, -0.25) is 9.78 Å². The molecule has 3 aromatic heterocycles. The summed E-state index contributed by atoms with van der Waals surface area (Å²) in [5.41, 5.74) is 1.68. The van der Waals surface area contributed by atoms with E-state index in [1.165, 1.54) is 0 Å². The molecule has 0 radical (unpaired) electrons. The molecule has 1 N–H and O–H groups in total. The second kappa shape index (κ2) is 5.53. The molecule has 0 saturated heterocycles. The standard InChI is InChI=1S/C13H12N6O2/c1-9-5-12(17-21-9)13(20)15-6-10-8-19(18-16-10)11-3-2-4-14-7-11/h2-5,7-8H,6H2,1H3,(H,15,20). The topological polar surface area (TPSA) is 98.7 Å². The van der Waals surface area contributed by atoms with Crippen LogP contribution in [0.5, 0.6) is 0 Å². The third kappa shape index (κ3) is 2.94. The Kier molecular flexibility index (Phi) is 3.42. The van der Waals surface area contributed by atoms with Gasteiger partial charge >= 0.3 is 0 Å². The van der Waals surface area contributed by atoms with Crippen molar-refractivity contribution in [3.63, 3.8) is 0 Å². The van der Waals surface area contributed by atoms with Gasteiger partial charge in [-0.15, -0.1) is 5.10 Å². The highest BCUT2D eigenvalue weighted by Crippen LogP contribution is 2.05. The Morgan fingerprint density at radius 1 is 1.48 bits per heavy atom. The fourth-order valence-electron chi connectivity index (χ4n) is 1.73. The van der Waals surface area contributed by atoms with E-state index in [4.69, 9.17) is 4.52 Å². The summed E-state index contributed by atoms with van der Waals surface area (Å²) in [7, 11) is 0. The number of nitrogens with one attached hydrogen (secondary N) is 1. The Bertz CT molecular complexity index is 749. The monoisotopic (exact) mass is 284 g/mol. The molecule has 0 aliphatic heterocycles. The Labute approximate surface area is 119 Å². The minimum atomic E-state index is -0.317. The highest BCUT2D eigenvalue weighted by Gasteiger charge is 2.11. The van der Waals surface area contributed by atoms with Crippen molar-refractivity contribution in [2.75, 3.05) is 0 Å². The van der Waals surface area contributed by atoms with Crippen molar-refractivity contribution in [2.45, 2.75) is 13.5 Å². The van der Waals surface area contributed by atoms with Gasteiger partial charge in [0.05, 0.1) is 24.6 Å². The summed E-state index contributed by atoms with van der Waals surface area (Å²) in [5.74, 6) is 0.269. The number of amides is 1. The van der Waals surface area contributed by atoms with Crippen LogP contribution in [0.4, 0.5) is 0 Å². The Hall–Kier alpha value is -3.03. The minimum Gasteiger partial charge on any atom is -0.361 e. The van der Waals surface area contributed by atoms with Crippen molar-refractivity contribution >= 4 is 5.91 Å². The van der Waals surface area contributed by atoms with Gasteiger partial charge in [0.1, 0.15) is 11.5 Å². The average molecular weight is 284 g/mol. The highest BCUT2D eigenvalue weighted by atomic mass is 16.5. The van der Waals surface area contributed by atoms with E-state index in [2.05, 4.69) is 25.8 Å². The van der Waals surface area contributed by atoms with Gasteiger partial charge in [0.25, 0.3) is 5.91 Å². The third-order valence-corrected chi connectivity index (χ3v) is 2.74. The van der Waals surface area contributed by atoms with Gasteiger partial charge in [0.15, 0.2) is 5.69 Å². The van der Waals surface area contributed by atoms with Crippen molar-refractivity contribution in [1.82, 2.24) is 30.5 Å². The van der Waals surface area contributed by atoms with E-state index in [0.717, 1.165) is 5.69 Å². The van der Waals surface area contributed by atoms with Crippen molar-refractivity contribution < 1.29 is 9.32 Å². The molecule has 3 rings (SSSR count). The van der Waals surface area contributed by atoms with Crippen LogP contribution in [0, 0.1) is 6.92 Å². The second-order valence-corrected chi connectivity index (χ2v) is 4.37. The lowest BCUT2D eigenvalue weighted by Gasteiger charge is -1.99. The fraction of sp³-hybridized carbons (Fsp3) is 0.154. The van der Waals surface area contributed by atoms with Crippen LogP contribution in [0.3, 0.4) is 0 Å². The summed E-state index contributed by atoms with van der Waals surface area (Å²) in [6.07, 6.45) is 5.09. The highest BCUT2D eigenvalue weighted by molar-refractivity contribution is 5.92. The number of nitrogens with zero attached hydrogens (tertiary/aromatic N) is 5. The van der Waals surface area contributed by atoms with Crippen LogP contribution in [-0.4, -0.2) is 31.0 Å². The Balaban J connectivity index is 1.64. The zero-order valence-corrected chi connectivity index (χ0v) is 11.2. The zero-order valence-electron chi connectivity index (χ0n) is 11.2. The van der Waals surface area contributed by atoms with Crippen molar-refractivity contribution in [2.24, 2.45) is 0 Å². The van der Waals surface area contributed by atoms with Gasteiger partial charge in [-0.05, 0) is 19.1 Å². The Morgan fingerprint density at radius 3 is 3.10 bits per heavy atom. The summed E-state index contributed by atoms with van der Waals surface area (Å²) >= 11 is 0. The molecule has 3 heterocycles. The van der Waals surface area contributed by atoms with Crippen LogP contribution < -0.4 is 5.32 Å². The van der Waals surface area contributed by atoms with E-state index < -0.39 is 0 Å². The van der Waals surface area contributed by atoms with E-state index in [1.807, 2.05) is 12.1 Å². The maximum Gasteiger partial charge on any atom is 0.273 e. The van der Waals surface area contributed by atoms with E-state index in [9.17, 15) is 4.79 Å². The quantitative estimate of drug-likeness (QED) is 0.763. The first-order chi connectivity index (χ1) is 10.2. The summed E-state index contributed by atoms with van der Waals surface area (Å²) in [5, 5.41) is 14.3. The molecule has 0 spiro atoms. The minimum absolute atomic E-state index is 0.243. The first-order valence-electron chi connectivity index (χ1n) is 6.25. The van der Waals surface area contributed by atoms with Crippen LogP contribution >= 0.6 is 0 Å². The molecule has 21 heavy (non-hydrogen) atoms. The summed E-state index contributed by atoms with van der Waals surface area (Å²) in [4.78, 5) is 15.8. The molecule has 0 aliphatic carbocycles. The molecule has 0 aromatic carbocycles. The first kappa shape index (κ1) is 13.0. The van der Waals surface area contributed by atoms with Gasteiger partial charge in [0.2, 0.25) is 0 Å². The molecule has 0 unspecified atom stereocenters. The number of hydrogen-bond acceptors (Lipinski definition) is 6. The number of aryl methyl sites for hydroxylation is 1. The van der Waals surface area contributed by atoms with Crippen molar-refractivity contribution in [3.05, 3.63) is 53.9 Å². The van der Waals surface area contributed by atoms with Crippen LogP contribution in [0.2, 0.25) is 0 Å². The molecule has 0 fully saturated rings. The van der Waals surface area contributed by atoms with Gasteiger partial charge in [-0.2, -0.15) is 0 Å². The zero-order chi connectivity index (χ0) is 14.7. The number of aromatic nitrogens is 5. The summed E-state index contributed by atoms with van der Waals surface area (Å²) in [6.45, 7) is 1.98. The molecule has 8 nitrogen and oxygen atoms in total. The fourth-order valence-corrected chi connectivity index (χ4v) is 1.73. The van der Waals surface area contributed by atoms with E-state index in [-0.39, 0.29) is 18.1 Å². The molecule has 0 aliphatic rings. The average Bonchev–Trinajstić information content (AvgIpc) is 3.15. The van der Waals surface area contributed by atoms with Gasteiger partial charge < -0.3 is 9.84 Å². The SMILES string of the molecule is Cc1cc(C(=O)NCc2cn(-c3cccnc3)nn2)no1. The molecule has 8 heteroatoms. The lowest BCUT2D eigenvalue weighted by molar-refractivity contribution is 0.0941. The predicted molar refractivity (Wildman–Crippen MR) is 71.6 cm³/mol. The molecule has 1 amide bonds. The largest absolute Gasteiger partial charge is 0.361 e. The van der Waals surface area contributed by atoms with Crippen LogP contribution in [0.1, 0.15) is 21.9 Å². The van der Waals surface area contributed by atoms with Crippen LogP contribution in [-0.2, 0) is 6.54 Å². The first-order valence-corrected chi connectivity index (χ1v) is 6.25. The second-order valence-electron chi connectivity index (χ2n) is 4.37. The molecule has 0 bridgehead atoms. The van der Waals surface area contributed by atoms with E-state index in [1.54, 1.807) is 36.3 Å². The lowest BCUT2D eigenvalue weighted by Crippen LogP contribution is -2.23. The number of hydrogen-bond donors (Lipinski definition) is 1. The normalized spacial score (nSPS) is 10.5. The molecule has 3 aromatic rings. The van der Waals surface area contributed by atoms with E-state index >= 15 is 0 Å². The number of carbonyl (C=O) groups excluding carboxylic acids is 1. The smallest absolute Gasteiger partial charge is 0.273 e. The van der Waals surface area contributed by atoms with E-state index in [0.29, 0.717) is 11.5 Å². The van der Waals surface area contributed by atoms with Gasteiger partial charge in [0, 0.05) is 12.3 Å². The van der Waals surface area contributed by atoms with Crippen LogP contribution in [0.15, 0.2) is 41.3 Å². The summed E-state index contributed by atoms with van der Waals surface area (Å²) < 4.78 is 6.44. The molecule has 106 valence electrons. The third-order valence-electron chi connectivity index (χ3n) is 2.74. The molecular formula is C13H12N6O2. The van der Waals surface area contributed by atoms with Gasteiger partial charge in [-0.25, -0.2) is 4.68 Å². The number of carbonyl (C=O) groups is 1. The molecular weight excluding hydrogens is 272 g/mol. The van der Waals surface area contributed by atoms with Crippen molar-refractivity contribution in [1.29, 1.82) is 0 Å². The van der Waals surface area contributed by atoms with Gasteiger partial charge in [-0.1, -0.05) is 10.4 Å². The summed E-state index contributed by atoms with van der Waals surface area (Å²) in [6, 6.07) is 5.25. The maximum absolute atomic E-state index is 11.8. The molecule has 0 atom stereocenters. The number of rotatable bonds is 4. The van der Waals surface area contributed by atoms with Crippen molar-refractivity contribution in [3.8, 4) is 5.69 Å². The maximum atomic E-state index is 11.8. The van der Waals surface area contributed by atoms with Crippen LogP contribution in [0.25, 0.3) is 5.69 Å². The molecule has 0 saturated carbocycles. The number of pyridine rings is 1.